The van der Waals surface area contributed by atoms with Gasteiger partial charge in [0.05, 0.1) is 7.11 Å². The van der Waals surface area contributed by atoms with Crippen molar-refractivity contribution in [1.82, 2.24) is 4.90 Å². The highest BCUT2D eigenvalue weighted by molar-refractivity contribution is 8.14. The van der Waals surface area contributed by atoms with Crippen LogP contribution in [0.4, 0.5) is 0 Å². The van der Waals surface area contributed by atoms with Crippen LogP contribution in [0.15, 0.2) is 24.3 Å². The minimum Gasteiger partial charge on any atom is -0.497 e. The van der Waals surface area contributed by atoms with Crippen LogP contribution in [0.3, 0.4) is 0 Å². The number of rotatable bonds is 5. The quantitative estimate of drug-likeness (QED) is 0.770. The third-order valence-electron chi connectivity index (χ3n) is 3.41. The molecule has 20 heavy (non-hydrogen) atoms. The maximum Gasteiger partial charge on any atom is 0.237 e. The summed E-state index contributed by atoms with van der Waals surface area (Å²) in [6, 6.07) is 7.56. The first-order valence-corrected chi connectivity index (χ1v) is 8.61. The number of amides is 1. The highest BCUT2D eigenvalue weighted by Crippen LogP contribution is 2.21. The molecule has 1 aromatic carbocycles. The first-order chi connectivity index (χ1) is 9.40. The number of nitrogens with zero attached hydrogens (tertiary/aromatic N) is 1. The Morgan fingerprint density at radius 1 is 1.35 bits per heavy atom. The average molecular weight is 318 g/mol. The zero-order chi connectivity index (χ0) is 14.8. The summed E-state index contributed by atoms with van der Waals surface area (Å²) in [5, 5.41) is -0.785. The zero-order valence-electron chi connectivity index (χ0n) is 11.1. The second kappa shape index (κ2) is 6.01. The molecular formula is C13H16ClNO4S. The van der Waals surface area contributed by atoms with Crippen LogP contribution in [-0.2, 0) is 20.3 Å². The number of methoxy groups -OCH3 is 1. The van der Waals surface area contributed by atoms with Crippen LogP contribution >= 0.6 is 10.7 Å². The predicted molar refractivity (Wildman–Crippen MR) is 76.5 cm³/mol. The molecule has 110 valence electrons. The van der Waals surface area contributed by atoms with Crippen molar-refractivity contribution in [3.05, 3.63) is 29.8 Å². The summed E-state index contributed by atoms with van der Waals surface area (Å²) in [5.41, 5.74) is 1.07. The van der Waals surface area contributed by atoms with E-state index in [4.69, 9.17) is 15.4 Å². The third-order valence-corrected chi connectivity index (χ3v) is 5.27. The Hall–Kier alpha value is -1.27. The van der Waals surface area contributed by atoms with Crippen molar-refractivity contribution >= 4 is 25.6 Å². The van der Waals surface area contributed by atoms with Gasteiger partial charge in [0.1, 0.15) is 11.0 Å². The Balaban J connectivity index is 1.92. The number of hydrogen-bond donors (Lipinski definition) is 0. The van der Waals surface area contributed by atoms with E-state index in [2.05, 4.69) is 0 Å². The molecule has 1 atom stereocenters. The number of hydrogen-bond acceptors (Lipinski definition) is 4. The fourth-order valence-electron chi connectivity index (χ4n) is 2.20. The molecule has 0 aliphatic carbocycles. The average Bonchev–Trinajstić information content (AvgIpc) is 2.78. The summed E-state index contributed by atoms with van der Waals surface area (Å²) in [6.45, 7) is 0.675. The van der Waals surface area contributed by atoms with Crippen LogP contribution in [0.1, 0.15) is 12.0 Å². The standard InChI is InChI=1S/C13H16ClNO4S/c1-19-11-4-2-10(3-5-11)6-7-15-9-12(8-13(15)16)20(14,17)18/h2-5,12H,6-9H2,1H3. The van der Waals surface area contributed by atoms with Crippen molar-refractivity contribution in [2.24, 2.45) is 0 Å². The molecule has 0 N–H and O–H groups in total. The van der Waals surface area contributed by atoms with Crippen molar-refractivity contribution in [3.63, 3.8) is 0 Å². The molecule has 1 aromatic rings. The van der Waals surface area contributed by atoms with Gasteiger partial charge in [0, 0.05) is 30.2 Å². The van der Waals surface area contributed by atoms with Gasteiger partial charge in [0.2, 0.25) is 15.0 Å². The van der Waals surface area contributed by atoms with Gasteiger partial charge in [-0.3, -0.25) is 4.79 Å². The second-order valence-electron chi connectivity index (χ2n) is 4.74. The van der Waals surface area contributed by atoms with Crippen LogP contribution in [0.2, 0.25) is 0 Å². The molecule has 1 saturated heterocycles. The molecular weight excluding hydrogens is 302 g/mol. The Morgan fingerprint density at radius 2 is 2.00 bits per heavy atom. The van der Waals surface area contributed by atoms with Gasteiger partial charge in [0.15, 0.2) is 0 Å². The van der Waals surface area contributed by atoms with Gasteiger partial charge in [-0.1, -0.05) is 12.1 Å². The molecule has 0 aromatic heterocycles. The van der Waals surface area contributed by atoms with Crippen LogP contribution < -0.4 is 4.74 Å². The Labute approximate surface area is 122 Å². The number of carbonyl (C=O) groups is 1. The first kappa shape index (κ1) is 15.1. The van der Waals surface area contributed by atoms with Crippen LogP contribution in [0.25, 0.3) is 0 Å². The van der Waals surface area contributed by atoms with Crippen molar-refractivity contribution in [2.75, 3.05) is 20.2 Å². The second-order valence-corrected chi connectivity index (χ2v) is 7.65. The smallest absolute Gasteiger partial charge is 0.237 e. The minimum absolute atomic E-state index is 0.0194. The van der Waals surface area contributed by atoms with E-state index in [1.165, 1.54) is 0 Å². The van der Waals surface area contributed by atoms with E-state index in [0.29, 0.717) is 13.0 Å². The van der Waals surface area contributed by atoms with Crippen molar-refractivity contribution in [1.29, 1.82) is 0 Å². The van der Waals surface area contributed by atoms with E-state index in [-0.39, 0.29) is 18.9 Å². The largest absolute Gasteiger partial charge is 0.497 e. The van der Waals surface area contributed by atoms with E-state index in [1.807, 2.05) is 24.3 Å². The fourth-order valence-corrected chi connectivity index (χ4v) is 3.25. The molecule has 7 heteroatoms. The molecule has 1 unspecified atom stereocenters. The molecule has 2 rings (SSSR count). The molecule has 0 spiro atoms. The minimum atomic E-state index is -3.67. The van der Waals surface area contributed by atoms with Crippen molar-refractivity contribution in [2.45, 2.75) is 18.1 Å². The molecule has 1 heterocycles. The summed E-state index contributed by atoms with van der Waals surface area (Å²) in [7, 11) is 3.23. The topological polar surface area (TPSA) is 63.7 Å². The lowest BCUT2D eigenvalue weighted by Gasteiger charge is -2.16. The summed E-state index contributed by atoms with van der Waals surface area (Å²) >= 11 is 0. The molecule has 1 fully saturated rings. The summed E-state index contributed by atoms with van der Waals surface area (Å²) in [4.78, 5) is 13.3. The van der Waals surface area contributed by atoms with Crippen molar-refractivity contribution in [3.8, 4) is 5.75 Å². The molecule has 0 bridgehead atoms. The Bertz CT molecular complexity index is 585. The highest BCUT2D eigenvalue weighted by Gasteiger charge is 2.36. The Kier molecular flexibility index (Phi) is 4.55. The van der Waals surface area contributed by atoms with E-state index in [9.17, 15) is 13.2 Å². The molecule has 1 amide bonds. The summed E-state index contributed by atoms with van der Waals surface area (Å²) < 4.78 is 27.6. The van der Waals surface area contributed by atoms with E-state index in [0.717, 1.165) is 11.3 Å². The van der Waals surface area contributed by atoms with Gasteiger partial charge < -0.3 is 9.64 Å². The third kappa shape index (κ3) is 3.64. The number of likely N-dealkylation sites (tertiary alicyclic amines) is 1. The SMILES string of the molecule is COc1ccc(CCN2CC(S(=O)(=O)Cl)CC2=O)cc1. The number of ether oxygens (including phenoxy) is 1. The lowest BCUT2D eigenvalue weighted by atomic mass is 10.1. The maximum atomic E-state index is 11.7. The molecule has 1 aliphatic heterocycles. The number of benzene rings is 1. The van der Waals surface area contributed by atoms with Gasteiger partial charge in [-0.2, -0.15) is 0 Å². The fraction of sp³-hybridized carbons (Fsp3) is 0.462. The maximum absolute atomic E-state index is 11.7. The predicted octanol–water partition coefficient (Wildman–Crippen LogP) is 1.41. The van der Waals surface area contributed by atoms with E-state index >= 15 is 0 Å². The lowest BCUT2D eigenvalue weighted by molar-refractivity contribution is -0.127. The summed E-state index contributed by atoms with van der Waals surface area (Å²) in [5.74, 6) is 0.618. The lowest BCUT2D eigenvalue weighted by Crippen LogP contribution is -2.29. The van der Waals surface area contributed by atoms with Gasteiger partial charge >= 0.3 is 0 Å². The van der Waals surface area contributed by atoms with Crippen LogP contribution in [-0.4, -0.2) is 44.7 Å². The first-order valence-electron chi connectivity index (χ1n) is 6.24. The molecule has 5 nitrogen and oxygen atoms in total. The van der Waals surface area contributed by atoms with Crippen LogP contribution in [0, 0.1) is 0 Å². The van der Waals surface area contributed by atoms with Crippen LogP contribution in [0.5, 0.6) is 5.75 Å². The van der Waals surface area contributed by atoms with Crippen molar-refractivity contribution < 1.29 is 17.9 Å². The molecule has 0 saturated carbocycles. The van der Waals surface area contributed by atoms with E-state index in [1.54, 1.807) is 12.0 Å². The number of carbonyl (C=O) groups excluding carboxylic acids is 1. The Morgan fingerprint density at radius 3 is 2.50 bits per heavy atom. The van der Waals surface area contributed by atoms with Gasteiger partial charge in [-0.25, -0.2) is 8.42 Å². The zero-order valence-corrected chi connectivity index (χ0v) is 12.7. The highest BCUT2D eigenvalue weighted by atomic mass is 35.7. The van der Waals surface area contributed by atoms with Gasteiger partial charge in [-0.05, 0) is 24.1 Å². The van der Waals surface area contributed by atoms with Gasteiger partial charge in [-0.15, -0.1) is 0 Å². The molecule has 0 radical (unpaired) electrons. The normalized spacial score (nSPS) is 19.4. The van der Waals surface area contributed by atoms with E-state index < -0.39 is 14.3 Å². The van der Waals surface area contributed by atoms with Gasteiger partial charge in [0.25, 0.3) is 0 Å². The number of halogens is 1. The monoisotopic (exact) mass is 317 g/mol. The molecule has 1 aliphatic rings. The summed E-state index contributed by atoms with van der Waals surface area (Å²) in [6.07, 6.45) is 0.652.